The van der Waals surface area contributed by atoms with Crippen LogP contribution in [0.2, 0.25) is 0 Å². The van der Waals surface area contributed by atoms with Crippen molar-refractivity contribution in [2.24, 2.45) is 5.41 Å². The molecular weight excluding hydrogens is 362 g/mol. The first-order valence-corrected chi connectivity index (χ1v) is 10.8. The predicted molar refractivity (Wildman–Crippen MR) is 113 cm³/mol. The Balaban J connectivity index is 1.51. The van der Waals surface area contributed by atoms with E-state index in [0.717, 1.165) is 42.8 Å². The third-order valence-corrected chi connectivity index (χ3v) is 6.00. The van der Waals surface area contributed by atoms with Crippen molar-refractivity contribution < 1.29 is 4.79 Å². The third-order valence-electron chi connectivity index (χ3n) is 6.00. The standard InChI is InChI=1S/C23H31N5O/c1-23(2)12-19(26-21(29)16-28-10-5-3-4-6-11-28)18-15-25-22(27-20(18)13-23)17-8-7-9-24-14-17/h7-9,14-15,19H,3-6,10-13,16H2,1-2H3,(H,26,29)/t19-/m1/s1. The Morgan fingerprint density at radius 3 is 2.72 bits per heavy atom. The topological polar surface area (TPSA) is 71.0 Å². The Morgan fingerprint density at radius 1 is 1.21 bits per heavy atom. The van der Waals surface area contributed by atoms with Crippen molar-refractivity contribution in [2.75, 3.05) is 19.6 Å². The molecule has 0 aromatic carbocycles. The predicted octanol–water partition coefficient (Wildman–Crippen LogP) is 3.54. The summed E-state index contributed by atoms with van der Waals surface area (Å²) in [6.45, 7) is 7.03. The van der Waals surface area contributed by atoms with E-state index >= 15 is 0 Å². The summed E-state index contributed by atoms with van der Waals surface area (Å²) in [5.74, 6) is 0.807. The highest BCUT2D eigenvalue weighted by Gasteiger charge is 2.34. The van der Waals surface area contributed by atoms with Gasteiger partial charge in [0.2, 0.25) is 5.91 Å². The molecule has 4 rings (SSSR count). The summed E-state index contributed by atoms with van der Waals surface area (Å²) in [6.07, 6.45) is 12.2. The average molecular weight is 394 g/mol. The Kier molecular flexibility index (Phi) is 5.90. The number of nitrogens with zero attached hydrogens (tertiary/aromatic N) is 4. The second-order valence-corrected chi connectivity index (χ2v) is 9.19. The zero-order valence-electron chi connectivity index (χ0n) is 17.5. The smallest absolute Gasteiger partial charge is 0.234 e. The van der Waals surface area contributed by atoms with Crippen LogP contribution in [0.1, 0.15) is 63.3 Å². The number of carbonyl (C=O) groups excluding carboxylic acids is 1. The number of likely N-dealkylation sites (tertiary alicyclic amines) is 1. The van der Waals surface area contributed by atoms with Crippen molar-refractivity contribution in [1.29, 1.82) is 0 Å². The molecule has 2 aliphatic rings. The van der Waals surface area contributed by atoms with E-state index in [9.17, 15) is 4.79 Å². The highest BCUT2D eigenvalue weighted by molar-refractivity contribution is 5.78. The minimum atomic E-state index is -0.0313. The van der Waals surface area contributed by atoms with Gasteiger partial charge in [-0.25, -0.2) is 9.97 Å². The van der Waals surface area contributed by atoms with E-state index in [1.807, 2.05) is 18.3 Å². The molecule has 2 aromatic rings. The van der Waals surface area contributed by atoms with Crippen LogP contribution in [0.5, 0.6) is 0 Å². The lowest BCUT2D eigenvalue weighted by atomic mass is 9.74. The maximum Gasteiger partial charge on any atom is 0.234 e. The summed E-state index contributed by atoms with van der Waals surface area (Å²) in [4.78, 5) is 28.7. The van der Waals surface area contributed by atoms with E-state index in [1.54, 1.807) is 12.4 Å². The highest BCUT2D eigenvalue weighted by atomic mass is 16.2. The van der Waals surface area contributed by atoms with Gasteiger partial charge in [-0.05, 0) is 56.3 Å². The molecule has 1 saturated heterocycles. The van der Waals surface area contributed by atoms with E-state index in [1.165, 1.54) is 25.7 Å². The number of pyridine rings is 1. The molecule has 1 amide bonds. The van der Waals surface area contributed by atoms with Crippen LogP contribution in [-0.2, 0) is 11.2 Å². The van der Waals surface area contributed by atoms with Crippen LogP contribution in [0.25, 0.3) is 11.4 Å². The van der Waals surface area contributed by atoms with Crippen LogP contribution in [0, 0.1) is 5.41 Å². The van der Waals surface area contributed by atoms with Gasteiger partial charge in [0.25, 0.3) is 0 Å². The van der Waals surface area contributed by atoms with Crippen molar-refractivity contribution in [2.45, 2.75) is 58.4 Å². The molecule has 2 aromatic heterocycles. The fraction of sp³-hybridized carbons (Fsp3) is 0.565. The number of amides is 1. The summed E-state index contributed by atoms with van der Waals surface area (Å²) in [7, 11) is 0. The van der Waals surface area contributed by atoms with E-state index in [2.05, 4.69) is 34.0 Å². The molecule has 1 atom stereocenters. The van der Waals surface area contributed by atoms with Gasteiger partial charge in [0.1, 0.15) is 0 Å². The second kappa shape index (κ2) is 8.57. The van der Waals surface area contributed by atoms with Crippen LogP contribution in [0.15, 0.2) is 30.7 Å². The Morgan fingerprint density at radius 2 is 2.00 bits per heavy atom. The summed E-state index contributed by atoms with van der Waals surface area (Å²) in [6, 6.07) is 3.84. The summed E-state index contributed by atoms with van der Waals surface area (Å²) in [5.41, 5.74) is 3.09. The van der Waals surface area contributed by atoms with Gasteiger partial charge in [0.15, 0.2) is 5.82 Å². The Hall–Kier alpha value is -2.34. The zero-order valence-corrected chi connectivity index (χ0v) is 17.5. The molecule has 6 heteroatoms. The molecule has 0 bridgehead atoms. The van der Waals surface area contributed by atoms with Crippen molar-refractivity contribution >= 4 is 5.91 Å². The zero-order chi connectivity index (χ0) is 20.3. The number of hydrogen-bond acceptors (Lipinski definition) is 5. The molecule has 1 N–H and O–H groups in total. The number of nitrogens with one attached hydrogen (secondary N) is 1. The third kappa shape index (κ3) is 4.99. The number of carbonyl (C=O) groups is 1. The first kappa shape index (κ1) is 20.0. The largest absolute Gasteiger partial charge is 0.348 e. The first-order chi connectivity index (χ1) is 14.0. The minimum absolute atomic E-state index is 0.0313. The van der Waals surface area contributed by atoms with Crippen LogP contribution in [0.4, 0.5) is 0 Å². The van der Waals surface area contributed by atoms with Crippen molar-refractivity contribution in [3.8, 4) is 11.4 Å². The Labute approximate surface area is 173 Å². The normalized spacial score (nSPS) is 21.8. The van der Waals surface area contributed by atoms with Crippen molar-refractivity contribution in [1.82, 2.24) is 25.2 Å². The molecule has 29 heavy (non-hydrogen) atoms. The highest BCUT2D eigenvalue weighted by Crippen LogP contribution is 2.40. The SMILES string of the molecule is CC1(C)Cc2nc(-c3cccnc3)ncc2[C@H](NC(=O)CN2CCCCCC2)C1. The molecule has 1 aliphatic heterocycles. The molecular formula is C23H31N5O. The van der Waals surface area contributed by atoms with Gasteiger partial charge >= 0.3 is 0 Å². The lowest BCUT2D eigenvalue weighted by Gasteiger charge is -2.36. The molecule has 6 nitrogen and oxygen atoms in total. The lowest BCUT2D eigenvalue weighted by Crippen LogP contribution is -2.42. The molecule has 0 unspecified atom stereocenters. The Bertz CT molecular complexity index is 844. The number of hydrogen-bond donors (Lipinski definition) is 1. The number of fused-ring (bicyclic) bond motifs is 1. The second-order valence-electron chi connectivity index (χ2n) is 9.19. The van der Waals surface area contributed by atoms with Gasteiger partial charge < -0.3 is 5.32 Å². The molecule has 3 heterocycles. The van der Waals surface area contributed by atoms with Gasteiger partial charge in [0.05, 0.1) is 18.3 Å². The molecule has 0 saturated carbocycles. The van der Waals surface area contributed by atoms with Gasteiger partial charge in [-0.1, -0.05) is 26.7 Å². The maximum absolute atomic E-state index is 12.8. The van der Waals surface area contributed by atoms with Crippen LogP contribution in [0.3, 0.4) is 0 Å². The average Bonchev–Trinajstić information content (AvgIpc) is 2.96. The van der Waals surface area contributed by atoms with Crippen LogP contribution in [-0.4, -0.2) is 45.4 Å². The summed E-state index contributed by atoms with van der Waals surface area (Å²) in [5, 5.41) is 3.28. The fourth-order valence-electron chi connectivity index (χ4n) is 4.55. The minimum Gasteiger partial charge on any atom is -0.348 e. The van der Waals surface area contributed by atoms with Crippen molar-refractivity contribution in [3.05, 3.63) is 42.0 Å². The number of aromatic nitrogens is 3. The van der Waals surface area contributed by atoms with Gasteiger partial charge in [-0.2, -0.15) is 0 Å². The van der Waals surface area contributed by atoms with Gasteiger partial charge in [0, 0.05) is 29.7 Å². The molecule has 1 fully saturated rings. The van der Waals surface area contributed by atoms with Gasteiger partial charge in [-0.15, -0.1) is 0 Å². The lowest BCUT2D eigenvalue weighted by molar-refractivity contribution is -0.123. The molecule has 0 radical (unpaired) electrons. The van der Waals surface area contributed by atoms with Crippen LogP contribution >= 0.6 is 0 Å². The monoisotopic (exact) mass is 393 g/mol. The van der Waals surface area contributed by atoms with E-state index in [-0.39, 0.29) is 17.4 Å². The van der Waals surface area contributed by atoms with Crippen LogP contribution < -0.4 is 5.32 Å². The fourth-order valence-corrected chi connectivity index (χ4v) is 4.55. The quantitative estimate of drug-likeness (QED) is 0.860. The van der Waals surface area contributed by atoms with E-state index < -0.39 is 0 Å². The summed E-state index contributed by atoms with van der Waals surface area (Å²) < 4.78 is 0. The number of rotatable bonds is 4. The van der Waals surface area contributed by atoms with E-state index in [4.69, 9.17) is 4.98 Å². The molecule has 0 spiro atoms. The molecule has 154 valence electrons. The van der Waals surface area contributed by atoms with Crippen molar-refractivity contribution in [3.63, 3.8) is 0 Å². The van der Waals surface area contributed by atoms with E-state index in [0.29, 0.717) is 12.4 Å². The van der Waals surface area contributed by atoms with Gasteiger partial charge in [-0.3, -0.25) is 14.7 Å². The molecule has 1 aliphatic carbocycles. The summed E-state index contributed by atoms with van der Waals surface area (Å²) >= 11 is 0. The maximum atomic E-state index is 12.8. The first-order valence-electron chi connectivity index (χ1n) is 10.8.